The number of likely N-dealkylation sites (N-methyl/N-ethyl adjacent to an activating group) is 1. The summed E-state index contributed by atoms with van der Waals surface area (Å²) in [5.41, 5.74) is 1.08. The van der Waals surface area contributed by atoms with Crippen molar-refractivity contribution in [1.29, 1.82) is 0 Å². The molecule has 0 unspecified atom stereocenters. The number of aryl methyl sites for hydroxylation is 1. The first-order chi connectivity index (χ1) is 8.50. The number of nitrogens with one attached hydrogen (secondary N) is 1. The average Bonchev–Trinajstić information content (AvgIpc) is 2.34. The highest BCUT2D eigenvalue weighted by atomic mass is 16.4. The molecule has 1 atom stereocenters. The van der Waals surface area contributed by atoms with Crippen molar-refractivity contribution in [2.75, 3.05) is 14.1 Å². The average molecular weight is 250 g/mol. The Bertz CT molecular complexity index is 404. The Morgan fingerprint density at radius 1 is 1.28 bits per heavy atom. The predicted molar refractivity (Wildman–Crippen MR) is 68.4 cm³/mol. The third-order valence-electron chi connectivity index (χ3n) is 2.60. The highest BCUT2D eigenvalue weighted by Gasteiger charge is 2.21. The Hall–Kier alpha value is -2.04. The molecule has 0 spiro atoms. The zero-order valence-corrected chi connectivity index (χ0v) is 10.6. The van der Waals surface area contributed by atoms with E-state index in [1.807, 2.05) is 30.3 Å². The first-order valence-electron chi connectivity index (χ1n) is 5.75. The molecule has 98 valence electrons. The van der Waals surface area contributed by atoms with Gasteiger partial charge in [0.05, 0.1) is 0 Å². The van der Waals surface area contributed by atoms with Crippen molar-refractivity contribution in [1.82, 2.24) is 10.2 Å². The van der Waals surface area contributed by atoms with Crippen molar-refractivity contribution in [2.45, 2.75) is 18.9 Å². The van der Waals surface area contributed by atoms with Crippen LogP contribution in [-0.2, 0) is 11.2 Å². The number of nitrogens with zero attached hydrogens (tertiary/aromatic N) is 1. The van der Waals surface area contributed by atoms with E-state index in [9.17, 15) is 9.59 Å². The Morgan fingerprint density at radius 2 is 1.89 bits per heavy atom. The molecule has 5 nitrogen and oxygen atoms in total. The molecule has 2 N–H and O–H groups in total. The fourth-order valence-electron chi connectivity index (χ4n) is 1.67. The Labute approximate surface area is 106 Å². The van der Waals surface area contributed by atoms with Crippen LogP contribution in [-0.4, -0.2) is 42.1 Å². The van der Waals surface area contributed by atoms with Gasteiger partial charge in [-0.3, -0.25) is 4.79 Å². The monoisotopic (exact) mass is 250 g/mol. The highest BCUT2D eigenvalue weighted by Crippen LogP contribution is 2.06. The van der Waals surface area contributed by atoms with Crippen LogP contribution in [0.5, 0.6) is 0 Å². The summed E-state index contributed by atoms with van der Waals surface area (Å²) in [6.45, 7) is 0. The van der Waals surface area contributed by atoms with Gasteiger partial charge in [0.1, 0.15) is 6.04 Å². The lowest BCUT2D eigenvalue weighted by Crippen LogP contribution is -2.46. The molecule has 1 aromatic rings. The molecule has 1 aromatic carbocycles. The van der Waals surface area contributed by atoms with Crippen molar-refractivity contribution in [3.63, 3.8) is 0 Å². The van der Waals surface area contributed by atoms with Crippen LogP contribution in [0.25, 0.3) is 0 Å². The Kier molecular flexibility index (Phi) is 5.17. The van der Waals surface area contributed by atoms with E-state index >= 15 is 0 Å². The van der Waals surface area contributed by atoms with Crippen LogP contribution >= 0.6 is 0 Å². The molecular formula is C13H18N2O3. The molecule has 0 saturated carbocycles. The van der Waals surface area contributed by atoms with Gasteiger partial charge in [0, 0.05) is 14.1 Å². The van der Waals surface area contributed by atoms with Gasteiger partial charge in [-0.1, -0.05) is 30.3 Å². The molecule has 0 bridgehead atoms. The van der Waals surface area contributed by atoms with Crippen molar-refractivity contribution < 1.29 is 14.7 Å². The van der Waals surface area contributed by atoms with Crippen LogP contribution in [0.3, 0.4) is 0 Å². The van der Waals surface area contributed by atoms with Gasteiger partial charge in [-0.05, 0) is 18.4 Å². The van der Waals surface area contributed by atoms with Crippen LogP contribution < -0.4 is 5.32 Å². The van der Waals surface area contributed by atoms with E-state index < -0.39 is 12.1 Å². The van der Waals surface area contributed by atoms with Crippen molar-refractivity contribution >= 4 is 12.0 Å². The van der Waals surface area contributed by atoms with E-state index in [1.165, 1.54) is 4.90 Å². The topological polar surface area (TPSA) is 69.6 Å². The van der Waals surface area contributed by atoms with E-state index in [4.69, 9.17) is 5.11 Å². The minimum Gasteiger partial charge on any atom is -0.465 e. The molecule has 0 fully saturated rings. The minimum atomic E-state index is -1.18. The Balaban J connectivity index is 2.61. The summed E-state index contributed by atoms with van der Waals surface area (Å²) >= 11 is 0. The van der Waals surface area contributed by atoms with E-state index in [0.717, 1.165) is 5.56 Å². The number of hydrogen-bond donors (Lipinski definition) is 2. The summed E-state index contributed by atoms with van der Waals surface area (Å²) in [6, 6.07) is 8.97. The molecule has 2 amide bonds. The second kappa shape index (κ2) is 6.64. The SMILES string of the molecule is CN(C)C(=O)[C@H](CCc1ccccc1)NC(=O)O. The molecule has 5 heteroatoms. The molecular weight excluding hydrogens is 232 g/mol. The maximum absolute atomic E-state index is 11.8. The number of carbonyl (C=O) groups is 2. The quantitative estimate of drug-likeness (QED) is 0.828. The first-order valence-corrected chi connectivity index (χ1v) is 5.75. The fourth-order valence-corrected chi connectivity index (χ4v) is 1.67. The van der Waals surface area contributed by atoms with Crippen LogP contribution in [0, 0.1) is 0 Å². The third kappa shape index (κ3) is 4.45. The largest absolute Gasteiger partial charge is 0.465 e. The van der Waals surface area contributed by atoms with Gasteiger partial charge in [0.2, 0.25) is 5.91 Å². The zero-order valence-electron chi connectivity index (χ0n) is 10.6. The third-order valence-corrected chi connectivity index (χ3v) is 2.60. The lowest BCUT2D eigenvalue weighted by Gasteiger charge is -2.20. The first kappa shape index (κ1) is 14.0. The van der Waals surface area contributed by atoms with Gasteiger partial charge >= 0.3 is 6.09 Å². The molecule has 0 saturated heterocycles. The van der Waals surface area contributed by atoms with Crippen molar-refractivity contribution in [3.8, 4) is 0 Å². The van der Waals surface area contributed by atoms with Gasteiger partial charge in [-0.2, -0.15) is 0 Å². The van der Waals surface area contributed by atoms with E-state index in [1.54, 1.807) is 14.1 Å². The normalized spacial score (nSPS) is 11.7. The molecule has 0 aliphatic heterocycles. The summed E-state index contributed by atoms with van der Waals surface area (Å²) in [5.74, 6) is -0.228. The standard InChI is InChI=1S/C13H18N2O3/c1-15(2)12(16)11(14-13(17)18)9-8-10-6-4-3-5-7-10/h3-7,11,14H,8-9H2,1-2H3,(H,17,18)/t11-/m0/s1. The molecule has 0 aliphatic carbocycles. The molecule has 0 aromatic heterocycles. The number of hydrogen-bond acceptors (Lipinski definition) is 2. The Morgan fingerprint density at radius 3 is 2.39 bits per heavy atom. The smallest absolute Gasteiger partial charge is 0.405 e. The summed E-state index contributed by atoms with van der Waals surface area (Å²) in [4.78, 5) is 23.9. The molecule has 0 aliphatic rings. The van der Waals surface area contributed by atoms with Crippen LogP contribution in [0.15, 0.2) is 30.3 Å². The number of carboxylic acid groups (broad SMARTS) is 1. The summed E-state index contributed by atoms with van der Waals surface area (Å²) in [7, 11) is 3.22. The lowest BCUT2D eigenvalue weighted by molar-refractivity contribution is -0.130. The summed E-state index contributed by atoms with van der Waals surface area (Å²) in [6.07, 6.45) is -0.0677. The predicted octanol–water partition coefficient (Wildman–Crippen LogP) is 1.34. The maximum Gasteiger partial charge on any atom is 0.405 e. The van der Waals surface area contributed by atoms with Gasteiger partial charge in [-0.15, -0.1) is 0 Å². The molecule has 0 radical (unpaired) electrons. The van der Waals surface area contributed by atoms with Gasteiger partial charge in [-0.25, -0.2) is 4.79 Å². The van der Waals surface area contributed by atoms with E-state index in [2.05, 4.69) is 5.32 Å². The van der Waals surface area contributed by atoms with E-state index in [-0.39, 0.29) is 5.91 Å². The molecule has 18 heavy (non-hydrogen) atoms. The number of amides is 2. The van der Waals surface area contributed by atoms with Crippen LogP contribution in [0.1, 0.15) is 12.0 Å². The highest BCUT2D eigenvalue weighted by molar-refractivity contribution is 5.84. The molecule has 1 rings (SSSR count). The van der Waals surface area contributed by atoms with Crippen LogP contribution in [0.2, 0.25) is 0 Å². The van der Waals surface area contributed by atoms with E-state index in [0.29, 0.717) is 12.8 Å². The van der Waals surface area contributed by atoms with Crippen molar-refractivity contribution in [2.24, 2.45) is 0 Å². The number of carbonyl (C=O) groups excluding carboxylic acids is 1. The molecule has 0 heterocycles. The lowest BCUT2D eigenvalue weighted by atomic mass is 10.0. The second-order valence-electron chi connectivity index (χ2n) is 4.26. The maximum atomic E-state index is 11.8. The van der Waals surface area contributed by atoms with Gasteiger partial charge in [0.25, 0.3) is 0 Å². The minimum absolute atomic E-state index is 0.228. The van der Waals surface area contributed by atoms with Gasteiger partial charge in [0.15, 0.2) is 0 Å². The summed E-state index contributed by atoms with van der Waals surface area (Å²) in [5, 5.41) is 11.0. The fraction of sp³-hybridized carbons (Fsp3) is 0.385. The number of rotatable bonds is 5. The van der Waals surface area contributed by atoms with Crippen molar-refractivity contribution in [3.05, 3.63) is 35.9 Å². The second-order valence-corrected chi connectivity index (χ2v) is 4.26. The van der Waals surface area contributed by atoms with Gasteiger partial charge < -0.3 is 15.3 Å². The van der Waals surface area contributed by atoms with Crippen LogP contribution in [0.4, 0.5) is 4.79 Å². The number of benzene rings is 1. The summed E-state index contributed by atoms with van der Waals surface area (Å²) < 4.78 is 0. The zero-order chi connectivity index (χ0) is 13.5.